The van der Waals surface area contributed by atoms with Gasteiger partial charge in [-0.3, -0.25) is 4.68 Å². The van der Waals surface area contributed by atoms with E-state index >= 15 is 0 Å². The molecule has 0 aliphatic carbocycles. The van der Waals surface area contributed by atoms with Gasteiger partial charge >= 0.3 is 0 Å². The average molecular weight is 283 g/mol. The van der Waals surface area contributed by atoms with Crippen LogP contribution in [0.3, 0.4) is 0 Å². The van der Waals surface area contributed by atoms with Crippen molar-refractivity contribution in [1.82, 2.24) is 9.78 Å². The minimum Gasteiger partial charge on any atom is -0.396 e. The summed E-state index contributed by atoms with van der Waals surface area (Å²) < 4.78 is 1.92. The van der Waals surface area contributed by atoms with Gasteiger partial charge in [-0.1, -0.05) is 24.3 Å². The number of nitrogen functional groups attached to an aromatic ring is 1. The van der Waals surface area contributed by atoms with Gasteiger partial charge in [0.15, 0.2) is 0 Å². The Hall–Kier alpha value is -2.07. The third-order valence-electron chi connectivity index (χ3n) is 3.46. The minimum atomic E-state index is 0.740. The lowest BCUT2D eigenvalue weighted by Crippen LogP contribution is -2.02. The zero-order valence-corrected chi connectivity index (χ0v) is 12.4. The highest BCUT2D eigenvalue weighted by Crippen LogP contribution is 2.31. The fourth-order valence-electron chi connectivity index (χ4n) is 2.27. The molecule has 0 unspecified atom stereocenters. The van der Waals surface area contributed by atoms with Gasteiger partial charge in [0.1, 0.15) is 5.69 Å². The van der Waals surface area contributed by atoms with Gasteiger partial charge < -0.3 is 5.73 Å². The standard InChI is InChI=1S/C16H17N3S/c1-11-5-3-4-6-13(11)9-19-10-14(17)15(18-19)16-12(2)7-8-20-16/h3-8,10H,9,17H2,1-2H3. The van der Waals surface area contributed by atoms with E-state index in [-0.39, 0.29) is 0 Å². The summed E-state index contributed by atoms with van der Waals surface area (Å²) in [5.74, 6) is 0. The van der Waals surface area contributed by atoms with Crippen molar-refractivity contribution in [3.05, 3.63) is 58.6 Å². The van der Waals surface area contributed by atoms with Crippen LogP contribution < -0.4 is 5.73 Å². The van der Waals surface area contributed by atoms with Crippen molar-refractivity contribution in [2.24, 2.45) is 0 Å². The van der Waals surface area contributed by atoms with Crippen molar-refractivity contribution in [1.29, 1.82) is 0 Å². The Morgan fingerprint density at radius 1 is 1.15 bits per heavy atom. The van der Waals surface area contributed by atoms with E-state index in [9.17, 15) is 0 Å². The summed E-state index contributed by atoms with van der Waals surface area (Å²) >= 11 is 1.68. The van der Waals surface area contributed by atoms with Crippen LogP contribution in [0.2, 0.25) is 0 Å². The summed E-state index contributed by atoms with van der Waals surface area (Å²) in [6.07, 6.45) is 1.92. The molecular weight excluding hydrogens is 266 g/mol. The Morgan fingerprint density at radius 2 is 1.95 bits per heavy atom. The van der Waals surface area contributed by atoms with Gasteiger partial charge in [0.25, 0.3) is 0 Å². The first-order valence-corrected chi connectivity index (χ1v) is 7.45. The summed E-state index contributed by atoms with van der Waals surface area (Å²) in [5, 5.41) is 6.73. The SMILES string of the molecule is Cc1ccccc1Cn1cc(N)c(-c2sccc2C)n1. The molecule has 0 amide bonds. The molecule has 0 saturated carbocycles. The molecule has 1 aromatic carbocycles. The minimum absolute atomic E-state index is 0.740. The van der Waals surface area contributed by atoms with Crippen LogP contribution in [0.15, 0.2) is 41.9 Å². The number of nitrogens with two attached hydrogens (primary N) is 1. The highest BCUT2D eigenvalue weighted by atomic mass is 32.1. The molecule has 4 heteroatoms. The third kappa shape index (κ3) is 2.34. The van der Waals surface area contributed by atoms with Gasteiger partial charge in [-0.2, -0.15) is 5.10 Å². The summed E-state index contributed by atoms with van der Waals surface area (Å²) in [4.78, 5) is 1.16. The molecule has 0 atom stereocenters. The smallest absolute Gasteiger partial charge is 0.125 e. The van der Waals surface area contributed by atoms with Crippen molar-refractivity contribution in [3.63, 3.8) is 0 Å². The first kappa shape index (κ1) is 12.9. The maximum Gasteiger partial charge on any atom is 0.125 e. The van der Waals surface area contributed by atoms with Gasteiger partial charge in [0.2, 0.25) is 0 Å². The van der Waals surface area contributed by atoms with E-state index in [0.29, 0.717) is 0 Å². The molecule has 0 radical (unpaired) electrons. The largest absolute Gasteiger partial charge is 0.396 e. The molecule has 0 bridgehead atoms. The second-order valence-corrected chi connectivity index (χ2v) is 5.91. The molecule has 0 fully saturated rings. The van der Waals surface area contributed by atoms with Crippen LogP contribution in [-0.2, 0) is 6.54 Å². The summed E-state index contributed by atoms with van der Waals surface area (Å²) in [7, 11) is 0. The highest BCUT2D eigenvalue weighted by molar-refractivity contribution is 7.13. The zero-order valence-electron chi connectivity index (χ0n) is 11.6. The van der Waals surface area contributed by atoms with Crippen LogP contribution >= 0.6 is 11.3 Å². The average Bonchev–Trinajstić information content (AvgIpc) is 2.98. The van der Waals surface area contributed by atoms with E-state index in [1.807, 2.05) is 10.9 Å². The van der Waals surface area contributed by atoms with E-state index in [1.54, 1.807) is 11.3 Å². The normalized spacial score (nSPS) is 10.9. The van der Waals surface area contributed by atoms with Gasteiger partial charge in [-0.15, -0.1) is 11.3 Å². The van der Waals surface area contributed by atoms with Crippen molar-refractivity contribution in [3.8, 4) is 10.6 Å². The Labute approximate surface area is 122 Å². The van der Waals surface area contributed by atoms with Crippen LogP contribution in [-0.4, -0.2) is 9.78 Å². The molecular formula is C16H17N3S. The number of benzene rings is 1. The van der Waals surface area contributed by atoms with Crippen LogP contribution in [0.5, 0.6) is 0 Å². The predicted octanol–water partition coefficient (Wildman–Crippen LogP) is 3.86. The summed E-state index contributed by atoms with van der Waals surface area (Å²) in [6.45, 7) is 4.96. The Balaban J connectivity index is 1.94. The second kappa shape index (κ2) is 5.13. The Morgan fingerprint density at radius 3 is 2.65 bits per heavy atom. The first-order chi connectivity index (χ1) is 9.65. The van der Waals surface area contributed by atoms with Crippen molar-refractivity contribution in [2.75, 3.05) is 5.73 Å². The lowest BCUT2D eigenvalue weighted by atomic mass is 10.1. The number of thiophene rings is 1. The number of nitrogens with zero attached hydrogens (tertiary/aromatic N) is 2. The molecule has 2 aromatic heterocycles. The number of hydrogen-bond donors (Lipinski definition) is 1. The first-order valence-electron chi connectivity index (χ1n) is 6.57. The van der Waals surface area contributed by atoms with Crippen LogP contribution in [0, 0.1) is 13.8 Å². The fraction of sp³-hybridized carbons (Fsp3) is 0.188. The lowest BCUT2D eigenvalue weighted by Gasteiger charge is -2.05. The molecule has 20 heavy (non-hydrogen) atoms. The topological polar surface area (TPSA) is 43.8 Å². The van der Waals surface area contributed by atoms with E-state index in [4.69, 9.17) is 5.73 Å². The van der Waals surface area contributed by atoms with Gasteiger partial charge in [0.05, 0.1) is 17.1 Å². The van der Waals surface area contributed by atoms with E-state index < -0.39 is 0 Å². The zero-order chi connectivity index (χ0) is 14.1. The maximum atomic E-state index is 6.12. The van der Waals surface area contributed by atoms with Crippen LogP contribution in [0.1, 0.15) is 16.7 Å². The molecule has 0 aliphatic rings. The quantitative estimate of drug-likeness (QED) is 0.793. The molecule has 2 heterocycles. The van der Waals surface area contributed by atoms with Gasteiger partial charge in [-0.05, 0) is 42.0 Å². The van der Waals surface area contributed by atoms with Crippen molar-refractivity contribution < 1.29 is 0 Å². The number of hydrogen-bond acceptors (Lipinski definition) is 3. The number of aromatic nitrogens is 2. The van der Waals surface area contributed by atoms with Crippen LogP contribution in [0.4, 0.5) is 5.69 Å². The molecule has 3 rings (SSSR count). The highest BCUT2D eigenvalue weighted by Gasteiger charge is 2.12. The molecule has 0 spiro atoms. The summed E-state index contributed by atoms with van der Waals surface area (Å²) in [5.41, 5.74) is 11.5. The molecule has 0 saturated heterocycles. The summed E-state index contributed by atoms with van der Waals surface area (Å²) in [6, 6.07) is 10.5. The van der Waals surface area contributed by atoms with E-state index in [0.717, 1.165) is 22.8 Å². The molecule has 102 valence electrons. The second-order valence-electron chi connectivity index (χ2n) is 4.99. The van der Waals surface area contributed by atoms with Crippen molar-refractivity contribution in [2.45, 2.75) is 20.4 Å². The monoisotopic (exact) mass is 283 g/mol. The number of anilines is 1. The maximum absolute atomic E-state index is 6.12. The Bertz CT molecular complexity index is 740. The molecule has 2 N–H and O–H groups in total. The Kier molecular flexibility index (Phi) is 3.32. The molecule has 3 nitrogen and oxygen atoms in total. The van der Waals surface area contributed by atoms with Crippen LogP contribution in [0.25, 0.3) is 10.6 Å². The number of rotatable bonds is 3. The van der Waals surface area contributed by atoms with E-state index in [1.165, 1.54) is 16.7 Å². The van der Waals surface area contributed by atoms with Gasteiger partial charge in [0, 0.05) is 6.20 Å². The van der Waals surface area contributed by atoms with Crippen molar-refractivity contribution >= 4 is 17.0 Å². The lowest BCUT2D eigenvalue weighted by molar-refractivity contribution is 0.687. The number of aryl methyl sites for hydroxylation is 2. The van der Waals surface area contributed by atoms with E-state index in [2.05, 4.69) is 54.7 Å². The predicted molar refractivity (Wildman–Crippen MR) is 85.0 cm³/mol. The fourth-order valence-corrected chi connectivity index (χ4v) is 3.20. The molecule has 0 aliphatic heterocycles. The van der Waals surface area contributed by atoms with Gasteiger partial charge in [-0.25, -0.2) is 0 Å². The third-order valence-corrected chi connectivity index (χ3v) is 4.48. The molecule has 3 aromatic rings.